The number of carboxylic acid groups (broad SMARTS) is 1. The van der Waals surface area contributed by atoms with Crippen molar-refractivity contribution in [1.29, 1.82) is 0 Å². The summed E-state index contributed by atoms with van der Waals surface area (Å²) in [6, 6.07) is 3.92. The largest absolute Gasteiger partial charge is 0.481 e. The Labute approximate surface area is 185 Å². The Bertz CT molecular complexity index is 1100. The molecule has 0 bridgehead atoms. The molecule has 1 aliphatic rings. The average Bonchev–Trinajstić information content (AvgIpc) is 3.41. The normalized spacial score (nSPS) is 14.1. The fourth-order valence-electron chi connectivity index (χ4n) is 3.85. The van der Waals surface area contributed by atoms with Gasteiger partial charge in [0.1, 0.15) is 11.9 Å². The van der Waals surface area contributed by atoms with Gasteiger partial charge in [-0.25, -0.2) is 9.78 Å². The van der Waals surface area contributed by atoms with Crippen molar-refractivity contribution in [3.05, 3.63) is 23.3 Å². The van der Waals surface area contributed by atoms with Crippen molar-refractivity contribution >= 4 is 17.2 Å². The fraction of sp³-hybridized carbons (Fsp3) is 0.478. The summed E-state index contributed by atoms with van der Waals surface area (Å²) in [4.78, 5) is 24.3. The minimum absolute atomic E-state index is 0.109. The van der Waals surface area contributed by atoms with Crippen molar-refractivity contribution in [2.75, 3.05) is 13.2 Å². The molecule has 1 aliphatic carbocycles. The highest BCUT2D eigenvalue weighted by Gasteiger charge is 2.22. The minimum Gasteiger partial charge on any atom is -0.481 e. The molecular weight excluding hydrogens is 414 g/mol. The molecule has 9 heteroatoms. The van der Waals surface area contributed by atoms with Crippen LogP contribution in [0.1, 0.15) is 50.2 Å². The summed E-state index contributed by atoms with van der Waals surface area (Å²) in [5.41, 5.74) is 3.02. The third-order valence-electron chi connectivity index (χ3n) is 5.27. The number of carboxylic acids is 1. The number of aliphatic carboxylic acids is 1. The lowest BCUT2D eigenvalue weighted by molar-refractivity contribution is -0.139. The number of aromatic nitrogens is 3. The van der Waals surface area contributed by atoms with E-state index in [1.54, 1.807) is 0 Å². The van der Waals surface area contributed by atoms with Gasteiger partial charge in [-0.05, 0) is 69.2 Å². The van der Waals surface area contributed by atoms with E-state index in [2.05, 4.69) is 15.0 Å². The molecular formula is C23H27N3O6. The van der Waals surface area contributed by atoms with Crippen LogP contribution in [0.25, 0.3) is 22.7 Å². The van der Waals surface area contributed by atoms with Crippen molar-refractivity contribution in [1.82, 2.24) is 15.0 Å². The summed E-state index contributed by atoms with van der Waals surface area (Å²) < 4.78 is 23.2. The zero-order valence-corrected chi connectivity index (χ0v) is 18.5. The Hall–Kier alpha value is -3.36. The number of rotatable bonds is 9. The highest BCUT2D eigenvalue weighted by molar-refractivity contribution is 5.78. The summed E-state index contributed by atoms with van der Waals surface area (Å²) in [5.74, 6) is 0.214. The zero-order chi connectivity index (χ0) is 22.7. The Morgan fingerprint density at radius 3 is 2.50 bits per heavy atom. The molecule has 3 aromatic rings. The van der Waals surface area contributed by atoms with Crippen LogP contribution in [0.15, 0.2) is 16.5 Å². The monoisotopic (exact) mass is 441 g/mol. The van der Waals surface area contributed by atoms with E-state index in [1.165, 1.54) is 0 Å². The number of fused-ring (bicyclic) bond motifs is 1. The molecule has 2 heterocycles. The maximum Gasteiger partial charge on any atom is 0.341 e. The average molecular weight is 441 g/mol. The number of aryl methyl sites for hydroxylation is 2. The van der Waals surface area contributed by atoms with E-state index in [1.807, 2.05) is 32.9 Å². The Balaban J connectivity index is 1.69. The van der Waals surface area contributed by atoms with Crippen LogP contribution in [-0.2, 0) is 4.79 Å². The van der Waals surface area contributed by atoms with Gasteiger partial charge in [0.15, 0.2) is 12.1 Å². The molecule has 32 heavy (non-hydrogen) atoms. The summed E-state index contributed by atoms with van der Waals surface area (Å²) in [6.07, 6.45) is 5.20. The molecule has 0 unspecified atom stereocenters. The quantitative estimate of drug-likeness (QED) is 0.513. The molecule has 1 aromatic carbocycles. The van der Waals surface area contributed by atoms with E-state index in [9.17, 15) is 4.79 Å². The van der Waals surface area contributed by atoms with E-state index < -0.39 is 12.6 Å². The van der Waals surface area contributed by atoms with Crippen LogP contribution >= 0.6 is 0 Å². The number of oxazole rings is 1. The van der Waals surface area contributed by atoms with Gasteiger partial charge in [-0.3, -0.25) is 0 Å². The van der Waals surface area contributed by atoms with E-state index in [0.717, 1.165) is 48.8 Å². The molecule has 1 saturated carbocycles. The van der Waals surface area contributed by atoms with Crippen LogP contribution in [0.2, 0.25) is 0 Å². The third-order valence-corrected chi connectivity index (χ3v) is 5.27. The summed E-state index contributed by atoms with van der Waals surface area (Å²) >= 11 is 0. The molecule has 0 radical (unpaired) electrons. The van der Waals surface area contributed by atoms with Gasteiger partial charge >= 0.3 is 12.0 Å². The van der Waals surface area contributed by atoms with E-state index >= 15 is 0 Å². The third kappa shape index (κ3) is 4.76. The van der Waals surface area contributed by atoms with Crippen molar-refractivity contribution < 1.29 is 28.5 Å². The van der Waals surface area contributed by atoms with Crippen LogP contribution in [-0.4, -0.2) is 45.3 Å². The first kappa shape index (κ1) is 21.9. The molecule has 0 saturated heterocycles. The predicted octanol–water partition coefficient (Wildman–Crippen LogP) is 4.48. The van der Waals surface area contributed by atoms with Crippen LogP contribution in [0.5, 0.6) is 17.6 Å². The number of benzene rings is 1. The topological polar surface area (TPSA) is 117 Å². The van der Waals surface area contributed by atoms with Gasteiger partial charge < -0.3 is 23.7 Å². The number of hydrogen-bond acceptors (Lipinski definition) is 8. The molecule has 0 spiro atoms. The van der Waals surface area contributed by atoms with Crippen molar-refractivity contribution in [2.45, 2.75) is 59.0 Å². The Morgan fingerprint density at radius 1 is 1.12 bits per heavy atom. The molecule has 0 atom stereocenters. The van der Waals surface area contributed by atoms with E-state index in [-0.39, 0.29) is 12.1 Å². The van der Waals surface area contributed by atoms with Gasteiger partial charge in [0, 0.05) is 5.56 Å². The molecule has 4 rings (SSSR count). The van der Waals surface area contributed by atoms with Gasteiger partial charge in [0.25, 0.3) is 11.6 Å². The van der Waals surface area contributed by atoms with Gasteiger partial charge in [-0.2, -0.15) is 9.97 Å². The van der Waals surface area contributed by atoms with Crippen LogP contribution < -0.4 is 14.2 Å². The van der Waals surface area contributed by atoms with Crippen molar-refractivity contribution in [2.24, 2.45) is 0 Å². The molecule has 0 aliphatic heterocycles. The standard InChI is InChI=1S/C23H27N3O6/c1-4-9-29-21-18-22(26-23(25-21)31-16-7-5-6-8-16)32-20(24-18)15-10-13(2)19(14(3)11-15)30-12-17(27)28/h10-11,16H,4-9,12H2,1-3H3,(H,27,28). The smallest absolute Gasteiger partial charge is 0.341 e. The molecule has 2 aromatic heterocycles. The zero-order valence-electron chi connectivity index (χ0n) is 18.5. The Morgan fingerprint density at radius 2 is 1.84 bits per heavy atom. The van der Waals surface area contributed by atoms with Crippen LogP contribution in [0, 0.1) is 13.8 Å². The fourth-order valence-corrected chi connectivity index (χ4v) is 3.85. The SMILES string of the molecule is CCCOc1nc(OC2CCCC2)nc2oc(-c3cc(C)c(OCC(=O)O)c(C)c3)nc12. The van der Waals surface area contributed by atoms with Crippen molar-refractivity contribution in [3.63, 3.8) is 0 Å². The molecule has 1 N–H and O–H groups in total. The van der Waals surface area contributed by atoms with Crippen LogP contribution in [0.3, 0.4) is 0 Å². The summed E-state index contributed by atoms with van der Waals surface area (Å²) in [5, 5.41) is 8.88. The number of nitrogens with zero attached hydrogens (tertiary/aromatic N) is 3. The summed E-state index contributed by atoms with van der Waals surface area (Å²) in [7, 11) is 0. The first-order chi connectivity index (χ1) is 15.4. The van der Waals surface area contributed by atoms with Gasteiger partial charge in [-0.15, -0.1) is 0 Å². The first-order valence-corrected chi connectivity index (χ1v) is 10.9. The number of carbonyl (C=O) groups is 1. The molecule has 1 fully saturated rings. The van der Waals surface area contributed by atoms with Gasteiger partial charge in [-0.1, -0.05) is 6.92 Å². The van der Waals surface area contributed by atoms with E-state index in [4.69, 9.17) is 23.7 Å². The van der Waals surface area contributed by atoms with Crippen LogP contribution in [0.4, 0.5) is 0 Å². The lowest BCUT2D eigenvalue weighted by atomic mass is 10.1. The second-order valence-corrected chi connectivity index (χ2v) is 7.98. The highest BCUT2D eigenvalue weighted by Crippen LogP contribution is 2.34. The molecule has 170 valence electrons. The molecule has 9 nitrogen and oxygen atoms in total. The Kier molecular flexibility index (Phi) is 6.43. The number of hydrogen-bond donors (Lipinski definition) is 1. The molecule has 0 amide bonds. The number of ether oxygens (including phenoxy) is 3. The lowest BCUT2D eigenvalue weighted by Crippen LogP contribution is -2.13. The van der Waals surface area contributed by atoms with Gasteiger partial charge in [0.2, 0.25) is 5.89 Å². The highest BCUT2D eigenvalue weighted by atomic mass is 16.5. The maximum absolute atomic E-state index is 10.8. The maximum atomic E-state index is 10.8. The first-order valence-electron chi connectivity index (χ1n) is 10.9. The van der Waals surface area contributed by atoms with Crippen molar-refractivity contribution in [3.8, 4) is 29.1 Å². The summed E-state index contributed by atoms with van der Waals surface area (Å²) in [6.45, 7) is 5.80. The van der Waals surface area contributed by atoms with Gasteiger partial charge in [0.05, 0.1) is 6.61 Å². The second kappa shape index (κ2) is 9.42. The minimum atomic E-state index is -1.03. The lowest BCUT2D eigenvalue weighted by Gasteiger charge is -2.11. The second-order valence-electron chi connectivity index (χ2n) is 7.98. The van der Waals surface area contributed by atoms with E-state index in [0.29, 0.717) is 35.4 Å². The predicted molar refractivity (Wildman–Crippen MR) is 116 cm³/mol.